The summed E-state index contributed by atoms with van der Waals surface area (Å²) in [6, 6.07) is 1.26. The first-order valence-electron chi connectivity index (χ1n) is 7.03. The molecule has 3 nitrogen and oxygen atoms in total. The normalized spacial score (nSPS) is 11.2. The summed E-state index contributed by atoms with van der Waals surface area (Å²) in [4.78, 5) is 17.4. The molecule has 0 fully saturated rings. The van der Waals surface area contributed by atoms with Gasteiger partial charge in [-0.15, -0.1) is 0 Å². The van der Waals surface area contributed by atoms with E-state index in [9.17, 15) is 13.6 Å². The molecule has 1 amide bonds. The van der Waals surface area contributed by atoms with Gasteiger partial charge in [-0.3, -0.25) is 4.79 Å². The Labute approximate surface area is 119 Å². The molecule has 112 valence electrons. The lowest BCUT2D eigenvalue weighted by Crippen LogP contribution is -2.42. The maximum Gasteiger partial charge on any atom is 0.257 e. The molecule has 0 radical (unpaired) electrons. The molecular formula is C15H22F2N2O. The van der Waals surface area contributed by atoms with Crippen molar-refractivity contribution in [2.75, 3.05) is 6.54 Å². The second-order valence-corrected chi connectivity index (χ2v) is 5.28. The van der Waals surface area contributed by atoms with E-state index in [0.717, 1.165) is 19.0 Å². The van der Waals surface area contributed by atoms with Crippen LogP contribution in [-0.2, 0) is 0 Å². The topological polar surface area (TPSA) is 33.2 Å². The van der Waals surface area contributed by atoms with Crippen LogP contribution < -0.4 is 0 Å². The molecule has 0 aliphatic rings. The lowest BCUT2D eigenvalue weighted by molar-refractivity contribution is 0.0634. The fraction of sp³-hybridized carbons (Fsp3) is 0.600. The summed E-state index contributed by atoms with van der Waals surface area (Å²) in [5, 5.41) is 0. The van der Waals surface area contributed by atoms with Gasteiger partial charge >= 0.3 is 0 Å². The fourth-order valence-electron chi connectivity index (χ4n) is 2.26. The first-order valence-corrected chi connectivity index (χ1v) is 7.03. The molecule has 0 atom stereocenters. The predicted octanol–water partition coefficient (Wildman–Crippen LogP) is 3.65. The highest BCUT2D eigenvalue weighted by Crippen LogP contribution is 2.18. The van der Waals surface area contributed by atoms with Crippen molar-refractivity contribution in [1.82, 2.24) is 9.88 Å². The zero-order valence-electron chi connectivity index (χ0n) is 12.5. The molecule has 0 aliphatic carbocycles. The Bertz CT molecular complexity index is 459. The van der Waals surface area contributed by atoms with Gasteiger partial charge in [0.05, 0.1) is 5.56 Å². The van der Waals surface area contributed by atoms with E-state index in [1.807, 2.05) is 27.7 Å². The van der Waals surface area contributed by atoms with Crippen LogP contribution in [0.25, 0.3) is 0 Å². The highest BCUT2D eigenvalue weighted by Gasteiger charge is 2.26. The SMILES string of the molecule is CCC(CC)N(CC(C)C)C(=O)c1ccnc(F)c1F. The lowest BCUT2D eigenvalue weighted by atomic mass is 10.1. The fourth-order valence-corrected chi connectivity index (χ4v) is 2.26. The molecule has 0 unspecified atom stereocenters. The van der Waals surface area contributed by atoms with E-state index in [2.05, 4.69) is 4.98 Å². The van der Waals surface area contributed by atoms with Crippen LogP contribution in [0.2, 0.25) is 0 Å². The quantitative estimate of drug-likeness (QED) is 0.747. The minimum atomic E-state index is -1.23. The molecule has 1 aromatic heterocycles. The Hall–Kier alpha value is -1.52. The molecule has 0 N–H and O–H groups in total. The Morgan fingerprint density at radius 1 is 1.30 bits per heavy atom. The van der Waals surface area contributed by atoms with Crippen molar-refractivity contribution in [1.29, 1.82) is 0 Å². The Kier molecular flexibility index (Phi) is 6.05. The highest BCUT2D eigenvalue weighted by molar-refractivity contribution is 5.94. The van der Waals surface area contributed by atoms with Gasteiger partial charge in [0, 0.05) is 18.8 Å². The molecule has 5 heteroatoms. The van der Waals surface area contributed by atoms with Crippen LogP contribution in [0, 0.1) is 17.7 Å². The molecular weight excluding hydrogens is 262 g/mol. The lowest BCUT2D eigenvalue weighted by Gasteiger charge is -2.32. The average Bonchev–Trinajstić information content (AvgIpc) is 2.41. The zero-order valence-corrected chi connectivity index (χ0v) is 12.5. The Morgan fingerprint density at radius 3 is 2.40 bits per heavy atom. The molecule has 1 rings (SSSR count). The van der Waals surface area contributed by atoms with Crippen LogP contribution in [-0.4, -0.2) is 28.4 Å². The summed E-state index contributed by atoms with van der Waals surface area (Å²) in [6.45, 7) is 8.48. The third kappa shape index (κ3) is 3.74. The summed E-state index contributed by atoms with van der Waals surface area (Å²) >= 11 is 0. The number of carbonyl (C=O) groups excluding carboxylic acids is 1. The summed E-state index contributed by atoms with van der Waals surface area (Å²) < 4.78 is 26.9. The number of aromatic nitrogens is 1. The third-order valence-electron chi connectivity index (χ3n) is 3.28. The molecule has 0 aliphatic heterocycles. The summed E-state index contributed by atoms with van der Waals surface area (Å²) in [7, 11) is 0. The number of hydrogen-bond acceptors (Lipinski definition) is 2. The van der Waals surface area contributed by atoms with Crippen molar-refractivity contribution in [3.63, 3.8) is 0 Å². The van der Waals surface area contributed by atoms with Crippen LogP contribution in [0.4, 0.5) is 8.78 Å². The van der Waals surface area contributed by atoms with Gasteiger partial charge in [-0.05, 0) is 24.8 Å². The summed E-state index contributed by atoms with van der Waals surface area (Å²) in [5.74, 6) is -2.61. The Balaban J connectivity index is 3.12. The van der Waals surface area contributed by atoms with Crippen molar-refractivity contribution in [3.05, 3.63) is 29.6 Å². The van der Waals surface area contributed by atoms with Crippen LogP contribution in [0.5, 0.6) is 0 Å². The van der Waals surface area contributed by atoms with Gasteiger partial charge < -0.3 is 4.90 Å². The number of pyridine rings is 1. The molecule has 1 heterocycles. The largest absolute Gasteiger partial charge is 0.335 e. The van der Waals surface area contributed by atoms with Gasteiger partial charge in [-0.1, -0.05) is 27.7 Å². The molecule has 0 saturated carbocycles. The molecule has 0 spiro atoms. The van der Waals surface area contributed by atoms with Gasteiger partial charge in [0.2, 0.25) is 5.95 Å². The number of nitrogens with zero attached hydrogens (tertiary/aromatic N) is 2. The van der Waals surface area contributed by atoms with E-state index in [4.69, 9.17) is 0 Å². The number of carbonyl (C=O) groups is 1. The Morgan fingerprint density at radius 2 is 1.90 bits per heavy atom. The highest BCUT2D eigenvalue weighted by atomic mass is 19.2. The number of rotatable bonds is 6. The molecule has 1 aromatic rings. The van der Waals surface area contributed by atoms with E-state index in [1.165, 1.54) is 6.07 Å². The zero-order chi connectivity index (χ0) is 15.3. The van der Waals surface area contributed by atoms with Crippen LogP contribution in [0.3, 0.4) is 0 Å². The molecule has 0 aromatic carbocycles. The predicted molar refractivity (Wildman–Crippen MR) is 74.4 cm³/mol. The summed E-state index contributed by atoms with van der Waals surface area (Å²) in [5.41, 5.74) is -0.245. The standard InChI is InChI=1S/C15H22F2N2O/c1-5-11(6-2)19(9-10(3)4)15(20)12-7-8-18-14(17)13(12)16/h7-8,10-11H,5-6,9H2,1-4H3. The van der Waals surface area contributed by atoms with Gasteiger partial charge in [-0.25, -0.2) is 9.37 Å². The first kappa shape index (κ1) is 16.5. The van der Waals surface area contributed by atoms with E-state index in [1.54, 1.807) is 4.90 Å². The second-order valence-electron chi connectivity index (χ2n) is 5.28. The van der Waals surface area contributed by atoms with Gasteiger partial charge in [-0.2, -0.15) is 4.39 Å². The summed E-state index contributed by atoms with van der Waals surface area (Å²) in [6.07, 6.45) is 2.68. The number of hydrogen-bond donors (Lipinski definition) is 0. The van der Waals surface area contributed by atoms with Crippen molar-refractivity contribution in [2.24, 2.45) is 5.92 Å². The maximum atomic E-state index is 13.7. The van der Waals surface area contributed by atoms with E-state index < -0.39 is 17.7 Å². The smallest absolute Gasteiger partial charge is 0.257 e. The van der Waals surface area contributed by atoms with Gasteiger partial charge in [0.25, 0.3) is 5.91 Å². The van der Waals surface area contributed by atoms with Crippen molar-refractivity contribution in [3.8, 4) is 0 Å². The first-order chi connectivity index (χ1) is 9.42. The van der Waals surface area contributed by atoms with Crippen LogP contribution in [0.1, 0.15) is 50.9 Å². The maximum absolute atomic E-state index is 13.7. The van der Waals surface area contributed by atoms with Gasteiger partial charge in [0.1, 0.15) is 0 Å². The van der Waals surface area contributed by atoms with Crippen LogP contribution >= 0.6 is 0 Å². The minimum absolute atomic E-state index is 0.0283. The van der Waals surface area contributed by atoms with E-state index in [-0.39, 0.29) is 17.5 Å². The minimum Gasteiger partial charge on any atom is -0.335 e. The van der Waals surface area contributed by atoms with Crippen molar-refractivity contribution < 1.29 is 13.6 Å². The number of amides is 1. The van der Waals surface area contributed by atoms with Gasteiger partial charge in [0.15, 0.2) is 5.82 Å². The third-order valence-corrected chi connectivity index (χ3v) is 3.28. The molecule has 0 bridgehead atoms. The second kappa shape index (κ2) is 7.31. The van der Waals surface area contributed by atoms with Crippen molar-refractivity contribution in [2.45, 2.75) is 46.6 Å². The van der Waals surface area contributed by atoms with E-state index >= 15 is 0 Å². The molecule has 0 saturated heterocycles. The van der Waals surface area contributed by atoms with Crippen LogP contribution in [0.15, 0.2) is 12.3 Å². The van der Waals surface area contributed by atoms with E-state index in [0.29, 0.717) is 6.54 Å². The average molecular weight is 284 g/mol. The molecule has 20 heavy (non-hydrogen) atoms. The van der Waals surface area contributed by atoms with Crippen molar-refractivity contribution >= 4 is 5.91 Å². The number of halogens is 2. The monoisotopic (exact) mass is 284 g/mol.